The Morgan fingerprint density at radius 2 is 2.42 bits per heavy atom. The Morgan fingerprint density at radius 1 is 1.83 bits per heavy atom. The van der Waals surface area contributed by atoms with Gasteiger partial charge in [-0.05, 0) is 6.92 Å². The average molecular weight is 169 g/mol. The zero-order chi connectivity index (χ0) is 9.30. The van der Waals surface area contributed by atoms with Crippen LogP contribution >= 0.6 is 0 Å². The molecule has 12 heavy (non-hydrogen) atoms. The summed E-state index contributed by atoms with van der Waals surface area (Å²) in [6.45, 7) is 1.84. The molecule has 0 radical (unpaired) electrons. The minimum absolute atomic E-state index is 0.375. The first kappa shape index (κ1) is 8.73. The lowest BCUT2D eigenvalue weighted by Crippen LogP contribution is -2.24. The Morgan fingerprint density at radius 3 is 2.75 bits per heavy atom. The van der Waals surface area contributed by atoms with Gasteiger partial charge in [-0.3, -0.25) is 4.79 Å². The molecular formula is C7H11N3O2. The molecule has 0 aromatic carbocycles. The van der Waals surface area contributed by atoms with Crippen molar-refractivity contribution < 1.29 is 9.90 Å². The highest BCUT2D eigenvalue weighted by atomic mass is 16.4. The Hall–Kier alpha value is -1.36. The lowest BCUT2D eigenvalue weighted by molar-refractivity contribution is -0.138. The van der Waals surface area contributed by atoms with E-state index in [1.54, 1.807) is 17.8 Å². The second kappa shape index (κ2) is 2.94. The van der Waals surface area contributed by atoms with Gasteiger partial charge >= 0.3 is 5.97 Å². The van der Waals surface area contributed by atoms with Gasteiger partial charge < -0.3 is 15.4 Å². The first-order valence-corrected chi connectivity index (χ1v) is 3.50. The maximum atomic E-state index is 10.5. The largest absolute Gasteiger partial charge is 0.480 e. The molecule has 5 heteroatoms. The molecule has 0 aliphatic rings. The quantitative estimate of drug-likeness (QED) is 0.643. The number of aromatic nitrogens is 2. The molecule has 0 saturated carbocycles. The van der Waals surface area contributed by atoms with Crippen LogP contribution in [0, 0.1) is 6.92 Å². The fourth-order valence-electron chi connectivity index (χ4n) is 0.913. The number of nitrogens with zero attached hydrogens (tertiary/aromatic N) is 2. The molecule has 1 unspecified atom stereocenters. The molecule has 1 heterocycles. The van der Waals surface area contributed by atoms with Crippen molar-refractivity contribution >= 4 is 5.97 Å². The van der Waals surface area contributed by atoms with Crippen molar-refractivity contribution in [3.63, 3.8) is 0 Å². The van der Waals surface area contributed by atoms with Crippen LogP contribution in [0.2, 0.25) is 0 Å². The third-order valence-corrected chi connectivity index (χ3v) is 1.80. The molecular weight excluding hydrogens is 158 g/mol. The van der Waals surface area contributed by atoms with E-state index in [9.17, 15) is 4.79 Å². The van der Waals surface area contributed by atoms with Crippen molar-refractivity contribution in [2.24, 2.45) is 12.8 Å². The molecule has 1 rings (SSSR count). The average Bonchev–Trinajstić information content (AvgIpc) is 2.32. The Balaban J connectivity index is 3.03. The lowest BCUT2D eigenvalue weighted by Gasteiger charge is -2.06. The molecule has 0 spiro atoms. The normalized spacial score (nSPS) is 12.9. The van der Waals surface area contributed by atoms with Crippen LogP contribution in [0.3, 0.4) is 0 Å². The zero-order valence-corrected chi connectivity index (χ0v) is 6.98. The van der Waals surface area contributed by atoms with Gasteiger partial charge in [0.25, 0.3) is 0 Å². The first-order valence-electron chi connectivity index (χ1n) is 3.50. The van der Waals surface area contributed by atoms with E-state index >= 15 is 0 Å². The van der Waals surface area contributed by atoms with E-state index in [2.05, 4.69) is 4.98 Å². The van der Waals surface area contributed by atoms with Gasteiger partial charge in [-0.2, -0.15) is 0 Å². The molecule has 0 fully saturated rings. The number of hydrogen-bond donors (Lipinski definition) is 2. The predicted octanol–water partition coefficient (Wildman–Crippen LogP) is -0.187. The number of rotatable bonds is 2. The maximum absolute atomic E-state index is 10.5. The molecule has 0 saturated heterocycles. The van der Waals surface area contributed by atoms with Crippen LogP contribution in [0.15, 0.2) is 6.20 Å². The number of carboxylic acids is 1. The molecule has 5 nitrogen and oxygen atoms in total. The van der Waals surface area contributed by atoms with E-state index in [-0.39, 0.29) is 0 Å². The number of carboxylic acid groups (broad SMARTS) is 1. The van der Waals surface area contributed by atoms with Crippen molar-refractivity contribution in [1.29, 1.82) is 0 Å². The Bertz CT molecular complexity index is 306. The van der Waals surface area contributed by atoms with E-state index in [4.69, 9.17) is 10.8 Å². The van der Waals surface area contributed by atoms with Crippen LogP contribution in [0.1, 0.15) is 17.6 Å². The van der Waals surface area contributed by atoms with Gasteiger partial charge in [0.2, 0.25) is 0 Å². The van der Waals surface area contributed by atoms with Crippen LogP contribution in [-0.2, 0) is 11.8 Å². The SMILES string of the molecule is Cc1cnc(C(N)C(=O)O)n1C. The summed E-state index contributed by atoms with van der Waals surface area (Å²) in [4.78, 5) is 14.4. The molecule has 1 aromatic heterocycles. The van der Waals surface area contributed by atoms with Gasteiger partial charge in [0.05, 0.1) is 0 Å². The number of carbonyl (C=O) groups is 1. The van der Waals surface area contributed by atoms with E-state index in [0.717, 1.165) is 5.69 Å². The second-order valence-corrected chi connectivity index (χ2v) is 2.63. The summed E-state index contributed by atoms with van der Waals surface area (Å²) in [5.41, 5.74) is 6.26. The molecule has 3 N–H and O–H groups in total. The third-order valence-electron chi connectivity index (χ3n) is 1.80. The summed E-state index contributed by atoms with van der Waals surface area (Å²) in [6, 6.07) is -1.04. The van der Waals surface area contributed by atoms with Crippen molar-refractivity contribution in [3.05, 3.63) is 17.7 Å². The number of nitrogens with two attached hydrogens (primary N) is 1. The topological polar surface area (TPSA) is 81.1 Å². The highest BCUT2D eigenvalue weighted by molar-refractivity contribution is 5.74. The molecule has 0 amide bonds. The van der Waals surface area contributed by atoms with Gasteiger partial charge in [0.15, 0.2) is 6.04 Å². The lowest BCUT2D eigenvalue weighted by atomic mass is 10.3. The highest BCUT2D eigenvalue weighted by Gasteiger charge is 2.19. The van der Waals surface area contributed by atoms with Gasteiger partial charge in [-0.15, -0.1) is 0 Å². The minimum Gasteiger partial charge on any atom is -0.480 e. The number of aryl methyl sites for hydroxylation is 1. The number of aliphatic carboxylic acids is 1. The Kier molecular flexibility index (Phi) is 2.14. The molecule has 1 aromatic rings. The summed E-state index contributed by atoms with van der Waals surface area (Å²) in [5.74, 6) is -0.691. The van der Waals surface area contributed by atoms with E-state index < -0.39 is 12.0 Å². The Labute approximate surface area is 69.8 Å². The van der Waals surface area contributed by atoms with Crippen molar-refractivity contribution in [3.8, 4) is 0 Å². The summed E-state index contributed by atoms with van der Waals surface area (Å²) in [7, 11) is 1.74. The predicted molar refractivity (Wildman–Crippen MR) is 42.5 cm³/mol. The third kappa shape index (κ3) is 1.31. The van der Waals surface area contributed by atoms with Crippen molar-refractivity contribution in [2.75, 3.05) is 0 Å². The van der Waals surface area contributed by atoms with Crippen LogP contribution in [0.5, 0.6) is 0 Å². The smallest absolute Gasteiger partial charge is 0.328 e. The standard InChI is InChI=1S/C7H11N3O2/c1-4-3-9-6(10(4)2)5(8)7(11)12/h3,5H,8H2,1-2H3,(H,11,12). The van der Waals surface area contributed by atoms with E-state index in [1.165, 1.54) is 0 Å². The summed E-state index contributed by atoms with van der Waals surface area (Å²) >= 11 is 0. The summed E-state index contributed by atoms with van der Waals surface area (Å²) < 4.78 is 1.67. The fraction of sp³-hybridized carbons (Fsp3) is 0.429. The van der Waals surface area contributed by atoms with E-state index in [1.807, 2.05) is 6.92 Å². The number of hydrogen-bond acceptors (Lipinski definition) is 3. The monoisotopic (exact) mass is 169 g/mol. The van der Waals surface area contributed by atoms with Crippen LogP contribution < -0.4 is 5.73 Å². The highest BCUT2D eigenvalue weighted by Crippen LogP contribution is 2.09. The minimum atomic E-state index is -1.07. The molecule has 66 valence electrons. The van der Waals surface area contributed by atoms with Crippen molar-refractivity contribution in [2.45, 2.75) is 13.0 Å². The van der Waals surface area contributed by atoms with Gasteiger partial charge in [0.1, 0.15) is 5.82 Å². The molecule has 1 atom stereocenters. The molecule has 0 aliphatic heterocycles. The maximum Gasteiger partial charge on any atom is 0.328 e. The summed E-state index contributed by atoms with van der Waals surface area (Å²) in [5, 5.41) is 8.59. The first-order chi connectivity index (χ1) is 5.54. The molecule has 0 aliphatic carbocycles. The van der Waals surface area contributed by atoms with Crippen LogP contribution in [0.4, 0.5) is 0 Å². The van der Waals surface area contributed by atoms with Gasteiger partial charge in [0, 0.05) is 18.9 Å². The summed E-state index contributed by atoms with van der Waals surface area (Å²) in [6.07, 6.45) is 1.60. The molecule has 0 bridgehead atoms. The van der Waals surface area contributed by atoms with Crippen LogP contribution in [0.25, 0.3) is 0 Å². The fourth-order valence-corrected chi connectivity index (χ4v) is 0.913. The van der Waals surface area contributed by atoms with E-state index in [0.29, 0.717) is 5.82 Å². The van der Waals surface area contributed by atoms with Gasteiger partial charge in [-0.1, -0.05) is 0 Å². The second-order valence-electron chi connectivity index (χ2n) is 2.63. The van der Waals surface area contributed by atoms with Crippen LogP contribution in [-0.4, -0.2) is 20.6 Å². The van der Waals surface area contributed by atoms with Gasteiger partial charge in [-0.25, -0.2) is 4.98 Å². The zero-order valence-electron chi connectivity index (χ0n) is 6.98. The van der Waals surface area contributed by atoms with Crippen molar-refractivity contribution in [1.82, 2.24) is 9.55 Å². The number of imidazole rings is 1.